The van der Waals surface area contributed by atoms with Crippen molar-refractivity contribution in [2.24, 2.45) is 0 Å². The van der Waals surface area contributed by atoms with Gasteiger partial charge in [0.15, 0.2) is 0 Å². The summed E-state index contributed by atoms with van der Waals surface area (Å²) < 4.78 is 0. The average Bonchev–Trinajstić information content (AvgIpc) is 2.43. The summed E-state index contributed by atoms with van der Waals surface area (Å²) in [5.41, 5.74) is -4.04. The number of hydrogen-bond acceptors (Lipinski definition) is 7. The second-order valence-electron chi connectivity index (χ2n) is 6.02. The van der Waals surface area contributed by atoms with Gasteiger partial charge in [-0.25, -0.2) is 4.79 Å². The van der Waals surface area contributed by atoms with E-state index in [0.29, 0.717) is 0 Å². The SMILES string of the molecule is O=C(O)CCN1C[C@]2([N+](=O)[O-])C=C(C(=O)O)C[C@]([N+](=O)[O-])(C1)C2. The number of aliphatic carboxylic acids is 2. The third-order valence-electron chi connectivity index (χ3n) is 4.28. The summed E-state index contributed by atoms with van der Waals surface area (Å²) in [6.45, 7) is -0.538. The molecule has 0 aromatic heterocycles. The lowest BCUT2D eigenvalue weighted by Gasteiger charge is -2.44. The third-order valence-corrected chi connectivity index (χ3v) is 4.28. The molecule has 2 rings (SSSR count). The molecule has 11 heteroatoms. The van der Waals surface area contributed by atoms with E-state index in [0.717, 1.165) is 6.08 Å². The Morgan fingerprint density at radius 1 is 1.22 bits per heavy atom. The van der Waals surface area contributed by atoms with Crippen LogP contribution in [0.15, 0.2) is 11.6 Å². The number of likely N-dealkylation sites (tertiary alicyclic amines) is 1. The highest BCUT2D eigenvalue weighted by Crippen LogP contribution is 2.43. The first-order valence-electron chi connectivity index (χ1n) is 6.78. The average molecular weight is 329 g/mol. The van der Waals surface area contributed by atoms with Crippen LogP contribution in [0.3, 0.4) is 0 Å². The molecule has 0 saturated carbocycles. The van der Waals surface area contributed by atoms with Gasteiger partial charge in [0.05, 0.1) is 32.4 Å². The van der Waals surface area contributed by atoms with Gasteiger partial charge in [-0.05, 0) is 0 Å². The number of nitro groups is 2. The monoisotopic (exact) mass is 329 g/mol. The zero-order chi connectivity index (χ0) is 17.4. The summed E-state index contributed by atoms with van der Waals surface area (Å²) in [6, 6.07) is 0. The van der Waals surface area contributed by atoms with E-state index >= 15 is 0 Å². The standard InChI is InChI=1S/C12H15N3O8/c16-9(17)1-2-13-6-11(14(20)21)3-8(10(18)19)4-12(5-11,7-13)15(22)23/h3H,1-2,4-7H2,(H,16,17)(H,18,19)/t11-,12+/m0/s1. The number of carboxylic acids is 2. The molecule has 0 aromatic rings. The molecule has 1 fully saturated rings. The first kappa shape index (κ1) is 16.8. The van der Waals surface area contributed by atoms with Crippen LogP contribution in [0.5, 0.6) is 0 Å². The van der Waals surface area contributed by atoms with Gasteiger partial charge < -0.3 is 10.2 Å². The maximum atomic E-state index is 11.5. The van der Waals surface area contributed by atoms with Gasteiger partial charge in [0.25, 0.3) is 5.54 Å². The highest BCUT2D eigenvalue weighted by Gasteiger charge is 2.64. The van der Waals surface area contributed by atoms with Crippen molar-refractivity contribution < 1.29 is 29.6 Å². The molecule has 1 saturated heterocycles. The van der Waals surface area contributed by atoms with Crippen molar-refractivity contribution in [3.8, 4) is 0 Å². The highest BCUT2D eigenvalue weighted by atomic mass is 16.6. The number of carboxylic acid groups (broad SMARTS) is 2. The smallest absolute Gasteiger partial charge is 0.331 e. The summed E-state index contributed by atoms with van der Waals surface area (Å²) in [5.74, 6) is -2.53. The molecular weight excluding hydrogens is 314 g/mol. The molecule has 2 aliphatic rings. The quantitative estimate of drug-likeness (QED) is 0.487. The van der Waals surface area contributed by atoms with E-state index < -0.39 is 45.7 Å². The van der Waals surface area contributed by atoms with Crippen molar-refractivity contribution in [2.45, 2.75) is 30.3 Å². The molecule has 0 aromatic carbocycles. The van der Waals surface area contributed by atoms with Crippen LogP contribution in [-0.4, -0.2) is 67.6 Å². The van der Waals surface area contributed by atoms with Crippen molar-refractivity contribution in [1.29, 1.82) is 0 Å². The van der Waals surface area contributed by atoms with Gasteiger partial charge >= 0.3 is 11.9 Å². The lowest BCUT2D eigenvalue weighted by atomic mass is 9.69. The van der Waals surface area contributed by atoms with E-state index in [2.05, 4.69) is 0 Å². The van der Waals surface area contributed by atoms with Crippen LogP contribution in [0.25, 0.3) is 0 Å². The fourth-order valence-corrected chi connectivity index (χ4v) is 3.40. The predicted octanol–water partition coefficient (Wildman–Crippen LogP) is -0.387. The van der Waals surface area contributed by atoms with Gasteiger partial charge in [-0.15, -0.1) is 0 Å². The van der Waals surface area contributed by atoms with E-state index in [9.17, 15) is 29.8 Å². The lowest BCUT2D eigenvalue weighted by Crippen LogP contribution is -2.66. The maximum Gasteiger partial charge on any atom is 0.331 e. The predicted molar refractivity (Wildman–Crippen MR) is 73.1 cm³/mol. The van der Waals surface area contributed by atoms with Crippen LogP contribution >= 0.6 is 0 Å². The van der Waals surface area contributed by atoms with Crippen molar-refractivity contribution in [1.82, 2.24) is 4.90 Å². The fourth-order valence-electron chi connectivity index (χ4n) is 3.40. The normalized spacial score (nSPS) is 30.3. The molecule has 0 spiro atoms. The summed E-state index contributed by atoms with van der Waals surface area (Å²) in [5, 5.41) is 40.9. The Bertz CT molecular complexity index is 617. The molecule has 0 unspecified atom stereocenters. The Morgan fingerprint density at radius 2 is 1.87 bits per heavy atom. The Kier molecular flexibility index (Phi) is 4.07. The highest BCUT2D eigenvalue weighted by molar-refractivity contribution is 5.87. The number of piperidine rings is 1. The van der Waals surface area contributed by atoms with Crippen molar-refractivity contribution in [3.63, 3.8) is 0 Å². The molecule has 2 bridgehead atoms. The Morgan fingerprint density at radius 3 is 2.35 bits per heavy atom. The van der Waals surface area contributed by atoms with Crippen LogP contribution < -0.4 is 0 Å². The van der Waals surface area contributed by atoms with Crippen LogP contribution in [0.2, 0.25) is 0 Å². The molecule has 23 heavy (non-hydrogen) atoms. The molecule has 1 aliphatic heterocycles. The van der Waals surface area contributed by atoms with E-state index in [1.807, 2.05) is 0 Å². The molecule has 126 valence electrons. The van der Waals surface area contributed by atoms with Gasteiger partial charge in [0.1, 0.15) is 0 Å². The topological polar surface area (TPSA) is 164 Å². The largest absolute Gasteiger partial charge is 0.481 e. The minimum absolute atomic E-state index is 0.0727. The summed E-state index contributed by atoms with van der Waals surface area (Å²) in [4.78, 5) is 44.9. The van der Waals surface area contributed by atoms with Crippen molar-refractivity contribution in [3.05, 3.63) is 31.9 Å². The number of nitrogens with zero attached hydrogens (tertiary/aromatic N) is 3. The van der Waals surface area contributed by atoms with Gasteiger partial charge in [0, 0.05) is 28.0 Å². The summed E-state index contributed by atoms with van der Waals surface area (Å²) >= 11 is 0. The van der Waals surface area contributed by atoms with Crippen molar-refractivity contribution in [2.75, 3.05) is 19.6 Å². The second-order valence-corrected chi connectivity index (χ2v) is 6.02. The molecule has 1 aliphatic carbocycles. The first-order valence-corrected chi connectivity index (χ1v) is 6.78. The molecular formula is C12H15N3O8. The second kappa shape index (κ2) is 5.57. The van der Waals surface area contributed by atoms with Gasteiger partial charge in [-0.1, -0.05) is 0 Å². The van der Waals surface area contributed by atoms with Crippen LogP contribution in [0, 0.1) is 20.2 Å². The molecule has 1 heterocycles. The summed E-state index contributed by atoms with van der Waals surface area (Å²) in [7, 11) is 0. The van der Waals surface area contributed by atoms with E-state index in [4.69, 9.17) is 10.2 Å². The first-order chi connectivity index (χ1) is 10.6. The lowest BCUT2D eigenvalue weighted by molar-refractivity contribution is -0.619. The minimum Gasteiger partial charge on any atom is -0.481 e. The Hall–Kier alpha value is -2.56. The number of rotatable bonds is 6. The van der Waals surface area contributed by atoms with Gasteiger partial charge in [-0.2, -0.15) is 0 Å². The zero-order valence-corrected chi connectivity index (χ0v) is 12.0. The molecule has 0 radical (unpaired) electrons. The van der Waals surface area contributed by atoms with Crippen LogP contribution in [0.1, 0.15) is 19.3 Å². The Labute approximate surface area is 129 Å². The van der Waals surface area contributed by atoms with Gasteiger partial charge in [-0.3, -0.25) is 29.9 Å². The van der Waals surface area contributed by atoms with Gasteiger partial charge in [0.2, 0.25) is 5.54 Å². The Balaban J connectivity index is 2.45. The molecule has 0 amide bonds. The summed E-state index contributed by atoms with van der Waals surface area (Å²) in [6.07, 6.45) is -0.157. The molecule has 2 atom stereocenters. The molecule has 2 N–H and O–H groups in total. The van der Waals surface area contributed by atoms with Crippen molar-refractivity contribution >= 4 is 11.9 Å². The fraction of sp³-hybridized carbons (Fsp3) is 0.667. The minimum atomic E-state index is -1.89. The number of hydrogen-bond donors (Lipinski definition) is 2. The van der Waals surface area contributed by atoms with E-state index in [-0.39, 0.29) is 31.6 Å². The van der Waals surface area contributed by atoms with Crippen LogP contribution in [-0.2, 0) is 9.59 Å². The number of carbonyl (C=O) groups is 2. The zero-order valence-electron chi connectivity index (χ0n) is 12.0. The molecule has 11 nitrogen and oxygen atoms in total. The number of fused-ring (bicyclic) bond motifs is 2. The maximum absolute atomic E-state index is 11.5. The third kappa shape index (κ3) is 2.99. The van der Waals surface area contributed by atoms with E-state index in [1.54, 1.807) is 0 Å². The van der Waals surface area contributed by atoms with E-state index in [1.165, 1.54) is 4.90 Å². The van der Waals surface area contributed by atoms with Crippen LogP contribution in [0.4, 0.5) is 0 Å².